The first kappa shape index (κ1) is 23.4. The zero-order chi connectivity index (χ0) is 20.1. The molecular formula is C22H33ClN4O2. The van der Waals surface area contributed by atoms with E-state index in [1.54, 1.807) is 0 Å². The summed E-state index contributed by atoms with van der Waals surface area (Å²) in [6.45, 7) is 12.2. The number of nitrogens with zero attached hydrogens (tertiary/aromatic N) is 3. The van der Waals surface area contributed by atoms with E-state index >= 15 is 0 Å². The lowest BCUT2D eigenvalue weighted by Crippen LogP contribution is -2.40. The van der Waals surface area contributed by atoms with Gasteiger partial charge in [-0.25, -0.2) is 0 Å². The van der Waals surface area contributed by atoms with Crippen molar-refractivity contribution in [1.82, 2.24) is 20.4 Å². The van der Waals surface area contributed by atoms with Crippen molar-refractivity contribution >= 4 is 18.3 Å². The largest absolute Gasteiger partial charge is 0.339 e. The molecule has 160 valence electrons. The summed E-state index contributed by atoms with van der Waals surface area (Å²) < 4.78 is 5.39. The summed E-state index contributed by atoms with van der Waals surface area (Å²) in [7, 11) is 0. The molecule has 0 bridgehead atoms. The molecule has 6 nitrogen and oxygen atoms in total. The number of halogens is 1. The maximum Gasteiger partial charge on any atom is 0.253 e. The quantitative estimate of drug-likeness (QED) is 0.757. The van der Waals surface area contributed by atoms with Crippen LogP contribution in [0.15, 0.2) is 28.8 Å². The van der Waals surface area contributed by atoms with Crippen molar-refractivity contribution < 1.29 is 9.32 Å². The van der Waals surface area contributed by atoms with E-state index in [0.717, 1.165) is 51.0 Å². The second kappa shape index (κ2) is 10.2. The van der Waals surface area contributed by atoms with Gasteiger partial charge >= 0.3 is 0 Å². The first-order valence-electron chi connectivity index (χ1n) is 10.3. The minimum atomic E-state index is 0. The average molecular weight is 421 g/mol. The smallest absolute Gasteiger partial charge is 0.253 e. The maximum absolute atomic E-state index is 12.9. The number of nitrogens with one attached hydrogen (secondary N) is 1. The fourth-order valence-electron chi connectivity index (χ4n) is 3.56. The first-order valence-corrected chi connectivity index (χ1v) is 10.3. The molecule has 7 heteroatoms. The minimum absolute atomic E-state index is 0. The Morgan fingerprint density at radius 2 is 2.00 bits per heavy atom. The molecule has 0 unspecified atom stereocenters. The Labute approximate surface area is 179 Å². The molecule has 29 heavy (non-hydrogen) atoms. The fraction of sp³-hybridized carbons (Fsp3) is 0.591. The Hall–Kier alpha value is -1.92. The number of hydrogen-bond acceptors (Lipinski definition) is 5. The zero-order valence-corrected chi connectivity index (χ0v) is 18.7. The van der Waals surface area contributed by atoms with E-state index in [4.69, 9.17) is 4.52 Å². The highest BCUT2D eigenvalue weighted by atomic mass is 35.5. The van der Waals surface area contributed by atoms with Gasteiger partial charge in [-0.2, -0.15) is 4.98 Å². The first-order chi connectivity index (χ1) is 13.4. The Kier molecular flexibility index (Phi) is 8.23. The van der Waals surface area contributed by atoms with Crippen LogP contribution in [0.2, 0.25) is 0 Å². The summed E-state index contributed by atoms with van der Waals surface area (Å²) in [6, 6.07) is 7.55. The third kappa shape index (κ3) is 6.54. The van der Waals surface area contributed by atoms with Crippen molar-refractivity contribution in [1.29, 1.82) is 0 Å². The number of piperidine rings is 1. The van der Waals surface area contributed by atoms with E-state index in [0.29, 0.717) is 23.2 Å². The molecule has 3 rings (SSSR count). The van der Waals surface area contributed by atoms with Crippen molar-refractivity contribution in [3.63, 3.8) is 0 Å². The molecule has 1 aliphatic heterocycles. The number of likely N-dealkylation sites (tertiary alicyclic amines) is 1. The molecular weight excluding hydrogens is 388 g/mol. The Morgan fingerprint density at radius 3 is 2.66 bits per heavy atom. The van der Waals surface area contributed by atoms with E-state index in [1.165, 1.54) is 0 Å². The summed E-state index contributed by atoms with van der Waals surface area (Å²) >= 11 is 0. The van der Waals surface area contributed by atoms with Gasteiger partial charge in [-0.1, -0.05) is 45.0 Å². The summed E-state index contributed by atoms with van der Waals surface area (Å²) in [4.78, 5) is 19.4. The van der Waals surface area contributed by atoms with E-state index in [-0.39, 0.29) is 23.7 Å². The van der Waals surface area contributed by atoms with Gasteiger partial charge < -0.3 is 14.7 Å². The molecule has 1 saturated heterocycles. The van der Waals surface area contributed by atoms with Crippen LogP contribution in [0.5, 0.6) is 0 Å². The van der Waals surface area contributed by atoms with Crippen molar-refractivity contribution in [2.45, 2.75) is 47.0 Å². The standard InChI is InChI=1S/C22H32N4O2.ClH/c1-5-23-15-16-9-11-26(12-10-16)21(27)18-8-6-7-17(13-18)20-24-19(28-25-20)14-22(2,3)4;/h6-8,13,16,23H,5,9-12,14-15H2,1-4H3;1H. The van der Waals surface area contributed by atoms with Crippen molar-refractivity contribution in [2.24, 2.45) is 11.3 Å². The third-order valence-corrected chi connectivity index (χ3v) is 5.10. The molecule has 1 aromatic carbocycles. The molecule has 1 aromatic heterocycles. The summed E-state index contributed by atoms with van der Waals surface area (Å²) in [6.07, 6.45) is 2.83. The highest BCUT2D eigenvalue weighted by Crippen LogP contribution is 2.24. The van der Waals surface area contributed by atoms with Crippen LogP contribution in [-0.4, -0.2) is 47.1 Å². The van der Waals surface area contributed by atoms with E-state index in [1.807, 2.05) is 29.2 Å². The summed E-state index contributed by atoms with van der Waals surface area (Å²) in [5.74, 6) is 1.92. The van der Waals surface area contributed by atoms with Gasteiger partial charge in [0.15, 0.2) is 0 Å². The van der Waals surface area contributed by atoms with Crippen LogP contribution in [0.25, 0.3) is 11.4 Å². The predicted molar refractivity (Wildman–Crippen MR) is 117 cm³/mol. The topological polar surface area (TPSA) is 71.3 Å². The number of carbonyl (C=O) groups is 1. The summed E-state index contributed by atoms with van der Waals surface area (Å²) in [5, 5.41) is 7.51. The highest BCUT2D eigenvalue weighted by Gasteiger charge is 2.24. The van der Waals surface area contributed by atoms with Crippen molar-refractivity contribution in [3.05, 3.63) is 35.7 Å². The molecule has 1 N–H and O–H groups in total. The van der Waals surface area contributed by atoms with Crippen molar-refractivity contribution in [2.75, 3.05) is 26.2 Å². The molecule has 0 aliphatic carbocycles. The van der Waals surface area contributed by atoms with Crippen LogP contribution in [0, 0.1) is 11.3 Å². The van der Waals surface area contributed by atoms with E-state index < -0.39 is 0 Å². The molecule has 1 fully saturated rings. The van der Waals surface area contributed by atoms with E-state index in [2.05, 4.69) is 43.2 Å². The van der Waals surface area contributed by atoms with E-state index in [9.17, 15) is 4.79 Å². The lowest BCUT2D eigenvalue weighted by molar-refractivity contribution is 0.0690. The maximum atomic E-state index is 12.9. The number of benzene rings is 1. The molecule has 0 atom stereocenters. The van der Waals surface area contributed by atoms with Gasteiger partial charge in [-0.15, -0.1) is 12.4 Å². The van der Waals surface area contributed by atoms with Crippen LogP contribution < -0.4 is 5.32 Å². The van der Waals surface area contributed by atoms with Crippen LogP contribution in [0.1, 0.15) is 56.8 Å². The lowest BCUT2D eigenvalue weighted by Gasteiger charge is -2.32. The van der Waals surface area contributed by atoms with Gasteiger partial charge in [0.05, 0.1) is 0 Å². The van der Waals surface area contributed by atoms with Gasteiger partial charge in [-0.05, 0) is 49.4 Å². The van der Waals surface area contributed by atoms with Crippen LogP contribution in [0.3, 0.4) is 0 Å². The normalized spacial score (nSPS) is 15.2. The molecule has 2 heterocycles. The van der Waals surface area contributed by atoms with Gasteiger partial charge in [0.25, 0.3) is 5.91 Å². The average Bonchev–Trinajstić information content (AvgIpc) is 3.13. The lowest BCUT2D eigenvalue weighted by atomic mass is 9.92. The minimum Gasteiger partial charge on any atom is -0.339 e. The molecule has 2 aromatic rings. The highest BCUT2D eigenvalue weighted by molar-refractivity contribution is 5.95. The van der Waals surface area contributed by atoms with Crippen LogP contribution >= 0.6 is 12.4 Å². The Bertz CT molecular complexity index is 792. The molecule has 1 amide bonds. The molecule has 0 saturated carbocycles. The third-order valence-electron chi connectivity index (χ3n) is 5.10. The second-order valence-corrected chi connectivity index (χ2v) is 8.87. The Balaban J connectivity index is 0.00000300. The number of amides is 1. The molecule has 0 radical (unpaired) electrons. The summed E-state index contributed by atoms with van der Waals surface area (Å²) in [5.41, 5.74) is 1.59. The zero-order valence-electron chi connectivity index (χ0n) is 17.9. The molecule has 1 aliphatic rings. The van der Waals surface area contributed by atoms with Crippen LogP contribution in [0.4, 0.5) is 0 Å². The Morgan fingerprint density at radius 1 is 1.28 bits per heavy atom. The van der Waals surface area contributed by atoms with Gasteiger partial charge in [0.1, 0.15) is 0 Å². The van der Waals surface area contributed by atoms with Crippen molar-refractivity contribution in [3.8, 4) is 11.4 Å². The predicted octanol–water partition coefficient (Wildman–Crippen LogP) is 4.21. The molecule has 0 spiro atoms. The number of rotatable bonds is 6. The van der Waals surface area contributed by atoms with Gasteiger partial charge in [0.2, 0.25) is 11.7 Å². The van der Waals surface area contributed by atoms with Gasteiger partial charge in [-0.3, -0.25) is 4.79 Å². The fourth-order valence-corrected chi connectivity index (χ4v) is 3.56. The monoisotopic (exact) mass is 420 g/mol. The number of aromatic nitrogens is 2. The number of carbonyl (C=O) groups excluding carboxylic acids is 1. The number of hydrogen-bond donors (Lipinski definition) is 1. The SMILES string of the molecule is CCNCC1CCN(C(=O)c2cccc(-c3noc(CC(C)(C)C)n3)c2)CC1.Cl. The van der Waals surface area contributed by atoms with Gasteiger partial charge in [0, 0.05) is 30.6 Å². The second-order valence-electron chi connectivity index (χ2n) is 8.87. The van der Waals surface area contributed by atoms with Crippen LogP contribution in [-0.2, 0) is 6.42 Å².